The minimum atomic E-state index is -0.236. The number of thiophene rings is 1. The summed E-state index contributed by atoms with van der Waals surface area (Å²) in [7, 11) is 0. The Morgan fingerprint density at radius 3 is 2.37 bits per heavy atom. The molecule has 0 bridgehead atoms. The molecule has 4 N–H and O–H groups in total. The molecule has 2 aromatic rings. The van der Waals surface area contributed by atoms with Gasteiger partial charge in [0, 0.05) is 24.1 Å². The fourth-order valence-electron chi connectivity index (χ4n) is 3.38. The van der Waals surface area contributed by atoms with E-state index >= 15 is 0 Å². The van der Waals surface area contributed by atoms with E-state index in [9.17, 15) is 9.59 Å². The molecular weight excluding hydrogens is 366 g/mol. The number of benzene rings is 1. The molecule has 1 fully saturated rings. The summed E-state index contributed by atoms with van der Waals surface area (Å²) in [6.45, 7) is 0.885. The van der Waals surface area contributed by atoms with E-state index in [1.54, 1.807) is 18.2 Å². The SMILES string of the molecule is NC1CCC(C(=O)Nc2cc3c(cc2NC(=O)c2cccs2)OCCO3)C1. The van der Waals surface area contributed by atoms with Crippen LogP contribution in [0.3, 0.4) is 0 Å². The first-order valence-electron chi connectivity index (χ1n) is 8.95. The van der Waals surface area contributed by atoms with E-state index in [0.29, 0.717) is 47.4 Å². The summed E-state index contributed by atoms with van der Waals surface area (Å²) in [5.74, 6) is 0.651. The van der Waals surface area contributed by atoms with Gasteiger partial charge in [0.15, 0.2) is 11.5 Å². The third kappa shape index (κ3) is 3.91. The molecule has 0 saturated heterocycles. The van der Waals surface area contributed by atoms with Gasteiger partial charge in [-0.2, -0.15) is 0 Å². The van der Waals surface area contributed by atoms with Crippen LogP contribution in [0.2, 0.25) is 0 Å². The molecule has 2 atom stereocenters. The predicted octanol–water partition coefficient (Wildman–Crippen LogP) is 2.84. The molecule has 7 nitrogen and oxygen atoms in total. The third-order valence-electron chi connectivity index (χ3n) is 4.78. The van der Waals surface area contributed by atoms with Crippen LogP contribution in [-0.2, 0) is 4.79 Å². The molecule has 0 radical (unpaired) electrons. The minimum absolute atomic E-state index is 0.0685. The minimum Gasteiger partial charge on any atom is -0.486 e. The van der Waals surface area contributed by atoms with Crippen molar-refractivity contribution in [2.24, 2.45) is 11.7 Å². The topological polar surface area (TPSA) is 103 Å². The van der Waals surface area contributed by atoms with Gasteiger partial charge in [-0.15, -0.1) is 11.3 Å². The monoisotopic (exact) mass is 387 g/mol. The molecule has 2 amide bonds. The Morgan fingerprint density at radius 1 is 1.07 bits per heavy atom. The van der Waals surface area contributed by atoms with Gasteiger partial charge in [-0.1, -0.05) is 6.07 Å². The van der Waals surface area contributed by atoms with Crippen LogP contribution >= 0.6 is 11.3 Å². The van der Waals surface area contributed by atoms with E-state index < -0.39 is 0 Å². The van der Waals surface area contributed by atoms with Crippen molar-refractivity contribution in [1.29, 1.82) is 0 Å². The standard InChI is InChI=1S/C19H21N3O4S/c20-12-4-3-11(8-12)18(23)21-13-9-15-16(26-6-5-25-15)10-14(13)22-19(24)17-2-1-7-27-17/h1-2,7,9-12H,3-6,8,20H2,(H,21,23)(H,22,24). The van der Waals surface area contributed by atoms with Gasteiger partial charge in [-0.05, 0) is 30.7 Å². The van der Waals surface area contributed by atoms with E-state index in [1.807, 2.05) is 11.4 Å². The highest BCUT2D eigenvalue weighted by Crippen LogP contribution is 2.39. The lowest BCUT2D eigenvalue weighted by molar-refractivity contribution is -0.119. The fourth-order valence-corrected chi connectivity index (χ4v) is 4.00. The molecule has 2 heterocycles. The Balaban J connectivity index is 1.59. The van der Waals surface area contributed by atoms with Gasteiger partial charge in [0.05, 0.1) is 16.3 Å². The first-order chi connectivity index (χ1) is 13.1. The van der Waals surface area contributed by atoms with Gasteiger partial charge >= 0.3 is 0 Å². The number of fused-ring (bicyclic) bond motifs is 1. The highest BCUT2D eigenvalue weighted by molar-refractivity contribution is 7.12. The number of rotatable bonds is 4. The summed E-state index contributed by atoms with van der Waals surface area (Å²) in [6, 6.07) is 7.02. The highest BCUT2D eigenvalue weighted by atomic mass is 32.1. The van der Waals surface area contributed by atoms with Gasteiger partial charge in [0.1, 0.15) is 13.2 Å². The Bertz CT molecular complexity index is 853. The van der Waals surface area contributed by atoms with Crippen molar-refractivity contribution in [2.75, 3.05) is 23.8 Å². The van der Waals surface area contributed by atoms with Crippen molar-refractivity contribution >= 4 is 34.5 Å². The van der Waals surface area contributed by atoms with Crippen molar-refractivity contribution in [3.05, 3.63) is 34.5 Å². The Kier molecular flexibility index (Phi) is 5.00. The number of amides is 2. The molecule has 2 aliphatic rings. The van der Waals surface area contributed by atoms with Crippen LogP contribution in [0, 0.1) is 5.92 Å². The molecule has 4 rings (SSSR count). The summed E-state index contributed by atoms with van der Waals surface area (Å²) < 4.78 is 11.2. The lowest BCUT2D eigenvalue weighted by atomic mass is 10.1. The lowest BCUT2D eigenvalue weighted by Crippen LogP contribution is -2.24. The average Bonchev–Trinajstić information content (AvgIpc) is 3.34. The zero-order valence-corrected chi connectivity index (χ0v) is 15.5. The Hall–Kier alpha value is -2.58. The van der Waals surface area contributed by atoms with E-state index in [2.05, 4.69) is 10.6 Å². The van der Waals surface area contributed by atoms with Gasteiger partial charge in [0.2, 0.25) is 5.91 Å². The Morgan fingerprint density at radius 2 is 1.78 bits per heavy atom. The molecule has 2 unspecified atom stereocenters. The third-order valence-corrected chi connectivity index (χ3v) is 5.65. The molecule has 27 heavy (non-hydrogen) atoms. The first kappa shape index (κ1) is 17.8. The van der Waals surface area contributed by atoms with Crippen molar-refractivity contribution in [1.82, 2.24) is 0 Å². The maximum atomic E-state index is 12.6. The summed E-state index contributed by atoms with van der Waals surface area (Å²) in [6.07, 6.45) is 2.29. The van der Waals surface area contributed by atoms with Gasteiger partial charge in [-0.25, -0.2) is 0 Å². The fraction of sp³-hybridized carbons (Fsp3) is 0.368. The average molecular weight is 387 g/mol. The van der Waals surface area contributed by atoms with E-state index in [4.69, 9.17) is 15.2 Å². The van der Waals surface area contributed by atoms with Crippen LogP contribution in [0.25, 0.3) is 0 Å². The summed E-state index contributed by atoms with van der Waals surface area (Å²) in [5, 5.41) is 7.63. The molecule has 1 saturated carbocycles. The van der Waals surface area contributed by atoms with E-state index in [0.717, 1.165) is 12.8 Å². The molecular formula is C19H21N3O4S. The van der Waals surface area contributed by atoms with Crippen LogP contribution in [-0.4, -0.2) is 31.1 Å². The molecule has 1 aromatic carbocycles. The highest BCUT2D eigenvalue weighted by Gasteiger charge is 2.29. The first-order valence-corrected chi connectivity index (χ1v) is 9.83. The number of nitrogens with two attached hydrogens (primary N) is 1. The number of anilines is 2. The van der Waals surface area contributed by atoms with Crippen molar-refractivity contribution in [2.45, 2.75) is 25.3 Å². The van der Waals surface area contributed by atoms with E-state index in [1.165, 1.54) is 11.3 Å². The molecule has 0 spiro atoms. The van der Waals surface area contributed by atoms with Crippen LogP contribution in [0.1, 0.15) is 28.9 Å². The molecule has 8 heteroatoms. The van der Waals surface area contributed by atoms with Crippen LogP contribution in [0.5, 0.6) is 11.5 Å². The molecule has 1 aromatic heterocycles. The number of carbonyl (C=O) groups is 2. The number of hydrogen-bond donors (Lipinski definition) is 3. The summed E-state index contributed by atoms with van der Waals surface area (Å²) in [4.78, 5) is 25.7. The predicted molar refractivity (Wildman–Crippen MR) is 104 cm³/mol. The van der Waals surface area contributed by atoms with Gasteiger partial charge in [0.25, 0.3) is 5.91 Å². The molecule has 142 valence electrons. The quantitative estimate of drug-likeness (QED) is 0.749. The van der Waals surface area contributed by atoms with Crippen molar-refractivity contribution in [3.63, 3.8) is 0 Å². The molecule has 1 aliphatic heterocycles. The van der Waals surface area contributed by atoms with Gasteiger partial charge in [-0.3, -0.25) is 9.59 Å². The van der Waals surface area contributed by atoms with Crippen LogP contribution < -0.4 is 25.8 Å². The number of ether oxygens (including phenoxy) is 2. The van der Waals surface area contributed by atoms with Crippen molar-refractivity contribution in [3.8, 4) is 11.5 Å². The summed E-state index contributed by atoms with van der Waals surface area (Å²) >= 11 is 1.35. The van der Waals surface area contributed by atoms with Crippen molar-refractivity contribution < 1.29 is 19.1 Å². The smallest absolute Gasteiger partial charge is 0.265 e. The number of carbonyl (C=O) groups excluding carboxylic acids is 2. The normalized spacial score (nSPS) is 20.9. The van der Waals surface area contributed by atoms with Crippen LogP contribution in [0.4, 0.5) is 11.4 Å². The number of hydrogen-bond acceptors (Lipinski definition) is 6. The Labute approximate surface area is 160 Å². The summed E-state index contributed by atoms with van der Waals surface area (Å²) in [5.41, 5.74) is 6.90. The van der Waals surface area contributed by atoms with Crippen LogP contribution in [0.15, 0.2) is 29.6 Å². The second kappa shape index (κ2) is 7.58. The number of nitrogens with one attached hydrogen (secondary N) is 2. The van der Waals surface area contributed by atoms with E-state index in [-0.39, 0.29) is 23.8 Å². The van der Waals surface area contributed by atoms with Gasteiger partial charge < -0.3 is 25.8 Å². The maximum Gasteiger partial charge on any atom is 0.265 e. The largest absolute Gasteiger partial charge is 0.486 e. The second-order valence-electron chi connectivity index (χ2n) is 6.73. The zero-order valence-electron chi connectivity index (χ0n) is 14.7. The maximum absolute atomic E-state index is 12.6. The lowest BCUT2D eigenvalue weighted by Gasteiger charge is -2.22. The zero-order chi connectivity index (χ0) is 18.8. The molecule has 1 aliphatic carbocycles. The second-order valence-corrected chi connectivity index (χ2v) is 7.68.